The van der Waals surface area contributed by atoms with E-state index < -0.39 is 11.0 Å². The van der Waals surface area contributed by atoms with E-state index in [9.17, 15) is 14.9 Å². The Balaban J connectivity index is 2.70. The fraction of sp³-hybridized carbons (Fsp3) is 0.385. The summed E-state index contributed by atoms with van der Waals surface area (Å²) in [7, 11) is 0. The van der Waals surface area contributed by atoms with Gasteiger partial charge in [-0.15, -0.1) is 5.10 Å². The minimum Gasteiger partial charge on any atom is -0.480 e. The first-order valence-corrected chi connectivity index (χ1v) is 6.42. The molecule has 21 heavy (non-hydrogen) atoms. The fourth-order valence-electron chi connectivity index (χ4n) is 1.47. The molecule has 0 saturated carbocycles. The minimum atomic E-state index is -0.668. The Labute approximate surface area is 121 Å². The van der Waals surface area contributed by atoms with Gasteiger partial charge >= 0.3 is 6.09 Å². The van der Waals surface area contributed by atoms with Crippen molar-refractivity contribution in [2.75, 3.05) is 13.2 Å². The Morgan fingerprint density at radius 1 is 1.24 bits per heavy atom. The third kappa shape index (κ3) is 5.89. The molecule has 0 bridgehead atoms. The lowest BCUT2D eigenvalue weighted by molar-refractivity contribution is -0.384. The van der Waals surface area contributed by atoms with Gasteiger partial charge in [0, 0.05) is 12.1 Å². The number of nitro groups is 1. The lowest BCUT2D eigenvalue weighted by atomic mass is 10.1. The van der Waals surface area contributed by atoms with Crippen LogP contribution in [0.2, 0.25) is 0 Å². The summed E-state index contributed by atoms with van der Waals surface area (Å²) in [5.74, 6) is 0.291. The topological polar surface area (TPSA) is 103 Å². The van der Waals surface area contributed by atoms with Crippen molar-refractivity contribution in [2.45, 2.75) is 20.3 Å². The lowest BCUT2D eigenvalue weighted by Gasteiger charge is -2.08. The normalized spacial score (nSPS) is 10.9. The van der Waals surface area contributed by atoms with Crippen LogP contribution in [-0.2, 0) is 15.9 Å². The van der Waals surface area contributed by atoms with Crippen LogP contribution < -0.4 is 5.43 Å². The number of carbonyl (C=O) groups is 1. The Kier molecular flexibility index (Phi) is 6.66. The molecule has 114 valence electrons. The summed E-state index contributed by atoms with van der Waals surface area (Å²) in [6, 6.07) is 6.02. The van der Waals surface area contributed by atoms with Crippen molar-refractivity contribution in [3.8, 4) is 0 Å². The number of nitrogens with one attached hydrogen (secondary N) is 1. The molecule has 0 radical (unpaired) electrons. The van der Waals surface area contributed by atoms with Gasteiger partial charge in [-0.3, -0.25) is 10.1 Å². The van der Waals surface area contributed by atoms with Gasteiger partial charge < -0.3 is 9.47 Å². The molecule has 1 N–H and O–H groups in total. The second kappa shape index (κ2) is 8.51. The van der Waals surface area contributed by atoms with Crippen LogP contribution in [0.4, 0.5) is 10.5 Å². The van der Waals surface area contributed by atoms with E-state index >= 15 is 0 Å². The van der Waals surface area contributed by atoms with Crippen molar-refractivity contribution in [3.63, 3.8) is 0 Å². The van der Waals surface area contributed by atoms with E-state index in [1.54, 1.807) is 26.0 Å². The monoisotopic (exact) mass is 295 g/mol. The van der Waals surface area contributed by atoms with Crippen molar-refractivity contribution in [1.82, 2.24) is 5.43 Å². The molecule has 0 spiro atoms. The minimum absolute atomic E-state index is 0.0123. The number of hydrogen-bond donors (Lipinski definition) is 1. The highest BCUT2D eigenvalue weighted by atomic mass is 16.6. The maximum absolute atomic E-state index is 11.2. The van der Waals surface area contributed by atoms with Crippen molar-refractivity contribution in [1.29, 1.82) is 0 Å². The highest BCUT2D eigenvalue weighted by Gasteiger charge is 2.08. The number of non-ortho nitro benzene ring substituents is 1. The molecule has 1 aromatic carbocycles. The van der Waals surface area contributed by atoms with Crippen LogP contribution in [0.15, 0.2) is 29.4 Å². The summed E-state index contributed by atoms with van der Waals surface area (Å²) >= 11 is 0. The first kappa shape index (κ1) is 16.4. The van der Waals surface area contributed by atoms with Gasteiger partial charge in [-0.2, -0.15) is 0 Å². The van der Waals surface area contributed by atoms with Crippen molar-refractivity contribution >= 4 is 17.7 Å². The van der Waals surface area contributed by atoms with Gasteiger partial charge in [-0.05, 0) is 19.4 Å². The molecule has 0 aliphatic heterocycles. The van der Waals surface area contributed by atoms with Gasteiger partial charge in [0.05, 0.1) is 24.6 Å². The summed E-state index contributed by atoms with van der Waals surface area (Å²) in [5.41, 5.74) is 3.00. The zero-order valence-corrected chi connectivity index (χ0v) is 11.9. The van der Waals surface area contributed by atoms with Crippen molar-refractivity contribution in [3.05, 3.63) is 39.9 Å². The molecule has 1 aromatic rings. The van der Waals surface area contributed by atoms with Gasteiger partial charge in [0.15, 0.2) is 0 Å². The number of ether oxygens (including phenoxy) is 2. The van der Waals surface area contributed by atoms with Crippen LogP contribution in [0.3, 0.4) is 0 Å². The molecule has 1 rings (SSSR count). The SMILES string of the molecule is CCOC(=O)N/N=C(\Cc1ccc([N+](=O)[O-])cc1)OCC. The quantitative estimate of drug-likeness (QED) is 0.375. The first-order chi connectivity index (χ1) is 10.1. The average molecular weight is 295 g/mol. The number of rotatable bonds is 6. The second-order valence-electron chi connectivity index (χ2n) is 3.87. The van der Waals surface area contributed by atoms with Gasteiger partial charge in [-0.25, -0.2) is 10.2 Å². The van der Waals surface area contributed by atoms with Crippen LogP contribution in [0, 0.1) is 10.1 Å². The molecule has 0 heterocycles. The summed E-state index contributed by atoms with van der Waals surface area (Å²) in [6.07, 6.45) is -0.364. The molecule has 8 heteroatoms. The first-order valence-electron chi connectivity index (χ1n) is 6.42. The zero-order valence-electron chi connectivity index (χ0n) is 11.9. The predicted molar refractivity (Wildman–Crippen MR) is 76.0 cm³/mol. The molecular formula is C13H17N3O5. The maximum Gasteiger partial charge on any atom is 0.427 e. The van der Waals surface area contributed by atoms with Crippen LogP contribution in [-0.4, -0.2) is 30.1 Å². The molecule has 0 saturated heterocycles. The van der Waals surface area contributed by atoms with Gasteiger partial charge in [0.1, 0.15) is 0 Å². The molecule has 8 nitrogen and oxygen atoms in total. The highest BCUT2D eigenvalue weighted by molar-refractivity contribution is 5.80. The Hall–Kier alpha value is -2.64. The molecule has 0 unspecified atom stereocenters. The van der Waals surface area contributed by atoms with Crippen LogP contribution >= 0.6 is 0 Å². The van der Waals surface area contributed by atoms with Crippen molar-refractivity contribution in [2.24, 2.45) is 5.10 Å². The molecule has 0 aliphatic carbocycles. The van der Waals surface area contributed by atoms with Crippen LogP contribution in [0.1, 0.15) is 19.4 Å². The standard InChI is InChI=1S/C13H17N3O5/c1-3-20-12(14-15-13(17)21-4-2)9-10-5-7-11(8-6-10)16(18)19/h5-8H,3-4,9H2,1-2H3,(H,15,17)/b14-12+. The number of benzene rings is 1. The number of nitrogens with zero attached hydrogens (tertiary/aromatic N) is 2. The Morgan fingerprint density at radius 2 is 1.86 bits per heavy atom. The van der Waals surface area contributed by atoms with E-state index in [1.165, 1.54) is 12.1 Å². The Morgan fingerprint density at radius 3 is 2.38 bits per heavy atom. The van der Waals surface area contributed by atoms with E-state index in [0.29, 0.717) is 18.9 Å². The summed E-state index contributed by atoms with van der Waals surface area (Å²) < 4.78 is 9.97. The van der Waals surface area contributed by atoms with Gasteiger partial charge in [-0.1, -0.05) is 12.1 Å². The molecule has 0 fully saturated rings. The average Bonchev–Trinajstić information content (AvgIpc) is 2.46. The van der Waals surface area contributed by atoms with Crippen LogP contribution in [0.5, 0.6) is 0 Å². The number of amides is 1. The third-order valence-electron chi connectivity index (χ3n) is 2.36. The Bertz CT molecular complexity index is 513. The number of nitro benzene ring substituents is 1. The molecule has 0 aliphatic rings. The zero-order chi connectivity index (χ0) is 15.7. The lowest BCUT2D eigenvalue weighted by Crippen LogP contribution is -2.22. The fourth-order valence-corrected chi connectivity index (χ4v) is 1.47. The number of hydrazone groups is 1. The third-order valence-corrected chi connectivity index (χ3v) is 2.36. The molecule has 0 aromatic heterocycles. The smallest absolute Gasteiger partial charge is 0.427 e. The summed E-state index contributed by atoms with van der Waals surface area (Å²) in [4.78, 5) is 21.3. The second-order valence-corrected chi connectivity index (χ2v) is 3.87. The largest absolute Gasteiger partial charge is 0.480 e. The van der Waals surface area contributed by atoms with Crippen molar-refractivity contribution < 1.29 is 19.2 Å². The van der Waals surface area contributed by atoms with Gasteiger partial charge in [0.2, 0.25) is 5.90 Å². The predicted octanol–water partition coefficient (Wildman–Crippen LogP) is 2.23. The molecular weight excluding hydrogens is 278 g/mol. The molecule has 0 atom stereocenters. The summed E-state index contributed by atoms with van der Waals surface area (Å²) in [6.45, 7) is 4.10. The number of hydrogen-bond acceptors (Lipinski definition) is 6. The van der Waals surface area contributed by atoms with E-state index in [4.69, 9.17) is 4.74 Å². The molecule has 1 amide bonds. The van der Waals surface area contributed by atoms with Crippen LogP contribution in [0.25, 0.3) is 0 Å². The van der Waals surface area contributed by atoms with E-state index in [0.717, 1.165) is 5.56 Å². The maximum atomic E-state index is 11.2. The van der Waals surface area contributed by atoms with E-state index in [1.807, 2.05) is 0 Å². The van der Waals surface area contributed by atoms with Gasteiger partial charge in [0.25, 0.3) is 5.69 Å². The summed E-state index contributed by atoms with van der Waals surface area (Å²) in [5, 5.41) is 14.4. The number of carbonyl (C=O) groups excluding carboxylic acids is 1. The van der Waals surface area contributed by atoms with E-state index in [-0.39, 0.29) is 12.3 Å². The van der Waals surface area contributed by atoms with E-state index in [2.05, 4.69) is 15.3 Å². The highest BCUT2D eigenvalue weighted by Crippen LogP contribution is 2.12.